The van der Waals surface area contributed by atoms with Crippen LogP contribution in [0.25, 0.3) is 43.4 Å². The zero-order valence-electron chi connectivity index (χ0n) is 35.0. The zero-order chi connectivity index (χ0) is 44.6. The molecule has 0 amide bonds. The minimum Gasteiger partial charge on any atom is -0.857 e. The fourth-order valence-electron chi connectivity index (χ4n) is 6.28. The van der Waals surface area contributed by atoms with Gasteiger partial charge < -0.3 is 20.4 Å². The number of aromatic nitrogens is 2. The summed E-state index contributed by atoms with van der Waals surface area (Å²) >= 11 is 0. The molecule has 0 unspecified atom stereocenters. The largest absolute Gasteiger partial charge is 2.00 e. The maximum Gasteiger partial charge on any atom is 2.00 e. The van der Waals surface area contributed by atoms with Crippen LogP contribution in [0.4, 0.5) is 0 Å². The van der Waals surface area contributed by atoms with Crippen molar-refractivity contribution in [2.24, 2.45) is 20.4 Å². The first-order valence-corrected chi connectivity index (χ1v) is 19.7. The van der Waals surface area contributed by atoms with Crippen LogP contribution in [0, 0.1) is 11.3 Å². The molecule has 318 valence electrons. The Balaban J connectivity index is 0.000000178. The minimum absolute atomic E-state index is 0. The van der Waals surface area contributed by atoms with E-state index >= 15 is 0 Å². The second-order valence-electron chi connectivity index (χ2n) is 13.8. The number of nitriles is 1. The smallest absolute Gasteiger partial charge is 0.857 e. The number of aromatic hydroxyl groups is 2. The topological polar surface area (TPSA) is 186 Å². The van der Waals surface area contributed by atoms with E-state index in [0.29, 0.717) is 11.4 Å². The van der Waals surface area contributed by atoms with E-state index in [0.717, 1.165) is 54.5 Å². The standard InChI is InChI=1S/2C19H16N2O2.C12H8N2.C2H3N.Ni/c2*1-13(15-11-10-14-6-2-3-7-16(14)12-15)20-21-19(23)17-8-4-5-9-18(17)22;1-3-9-5-6-10-4-2-8-14-12(10)11(9)13-7-1;1-2-3;/h2*2-12,22H,1H3,(H,21,23);1-8H;1H3;/q;;;;+2/p-2/b2*20-13+;;;. The maximum absolute atomic E-state index is 12.0. The molecule has 11 nitrogen and oxygen atoms in total. The predicted molar refractivity (Wildman–Crippen MR) is 250 cm³/mol. The molecular formula is C52H41N7NiO4. The van der Waals surface area contributed by atoms with Gasteiger partial charge >= 0.3 is 16.5 Å². The van der Waals surface area contributed by atoms with Gasteiger partial charge in [-0.2, -0.15) is 25.7 Å². The fraction of sp³-hybridized carbons (Fsp3) is 0.0577. The normalized spacial score (nSPS) is 11.5. The van der Waals surface area contributed by atoms with E-state index in [1.807, 2.05) is 97.1 Å². The third kappa shape index (κ3) is 12.2. The molecule has 0 aliphatic carbocycles. The van der Waals surface area contributed by atoms with Crippen molar-refractivity contribution < 1.29 is 36.9 Å². The van der Waals surface area contributed by atoms with Crippen LogP contribution >= 0.6 is 0 Å². The molecule has 9 rings (SSSR count). The first-order valence-electron chi connectivity index (χ1n) is 19.7. The third-order valence-corrected chi connectivity index (χ3v) is 9.53. The molecule has 2 N–H and O–H groups in total. The van der Waals surface area contributed by atoms with Crippen LogP contribution in [0.2, 0.25) is 0 Å². The molecule has 9 aromatic rings. The number of nitrogens with zero attached hydrogens (tertiary/aromatic N) is 7. The molecule has 0 atom stereocenters. The number of rotatable bonds is 6. The Morgan fingerprint density at radius 1 is 0.469 bits per heavy atom. The second kappa shape index (κ2) is 23.1. The summed E-state index contributed by atoms with van der Waals surface area (Å²) < 4.78 is 0. The van der Waals surface area contributed by atoms with Crippen molar-refractivity contribution in [2.75, 3.05) is 0 Å². The van der Waals surface area contributed by atoms with E-state index in [9.17, 15) is 20.4 Å². The third-order valence-electron chi connectivity index (χ3n) is 9.53. The number of benzene rings is 7. The Bertz CT molecular complexity index is 2990. The first-order chi connectivity index (χ1) is 30.7. The Morgan fingerprint density at radius 3 is 1.19 bits per heavy atom. The van der Waals surface area contributed by atoms with Crippen LogP contribution in [0.1, 0.15) is 43.0 Å². The number of para-hydroxylation sites is 2. The second-order valence-corrected chi connectivity index (χ2v) is 13.8. The Hall–Kier alpha value is -8.26. The molecule has 0 spiro atoms. The number of fused-ring (bicyclic) bond motifs is 5. The van der Waals surface area contributed by atoms with Crippen molar-refractivity contribution in [1.82, 2.24) is 9.97 Å². The fourth-order valence-corrected chi connectivity index (χ4v) is 6.28. The van der Waals surface area contributed by atoms with Crippen LogP contribution < -0.4 is 10.2 Å². The quantitative estimate of drug-likeness (QED) is 0.0547. The molecule has 0 saturated heterocycles. The van der Waals surface area contributed by atoms with Gasteiger partial charge in [0.15, 0.2) is 0 Å². The number of hydrogen-bond acceptors (Lipinski definition) is 11. The average Bonchev–Trinajstić information content (AvgIpc) is 3.33. The molecule has 2 aromatic heterocycles. The van der Waals surface area contributed by atoms with Gasteiger partial charge in [-0.3, -0.25) is 9.97 Å². The summed E-state index contributed by atoms with van der Waals surface area (Å²) in [5.74, 6) is -1.33. The number of pyridine rings is 2. The van der Waals surface area contributed by atoms with Crippen molar-refractivity contribution in [1.29, 1.82) is 5.26 Å². The van der Waals surface area contributed by atoms with Crippen LogP contribution in [0.5, 0.6) is 11.5 Å². The Kier molecular flexibility index (Phi) is 16.9. The summed E-state index contributed by atoms with van der Waals surface area (Å²) in [5, 5.41) is 72.8. The summed E-state index contributed by atoms with van der Waals surface area (Å²) in [6, 6.07) is 54.4. The van der Waals surface area contributed by atoms with Crippen molar-refractivity contribution in [3.05, 3.63) is 205 Å². The van der Waals surface area contributed by atoms with E-state index in [-0.39, 0.29) is 39.1 Å². The molecular weight excluding hydrogens is 845 g/mol. The van der Waals surface area contributed by atoms with Crippen molar-refractivity contribution >= 4 is 66.6 Å². The molecule has 12 heteroatoms. The van der Waals surface area contributed by atoms with Crippen molar-refractivity contribution in [2.45, 2.75) is 20.8 Å². The van der Waals surface area contributed by atoms with Gasteiger partial charge in [-0.15, -0.1) is 0 Å². The van der Waals surface area contributed by atoms with E-state index in [1.54, 1.807) is 56.6 Å². The van der Waals surface area contributed by atoms with E-state index in [2.05, 4.69) is 54.6 Å². The van der Waals surface area contributed by atoms with Crippen LogP contribution in [-0.2, 0) is 16.5 Å². The monoisotopic (exact) mass is 885 g/mol. The molecule has 2 heterocycles. The SMILES string of the molecule is C/C(=N\N=C(/[O-])c1ccccc1O)c1ccc2ccccc2c1.C/C(=N\N=C(/[O-])c1ccccc1O)c1ccc2ccccc2c1.CC#N.[Ni+2].c1cnc2c(c1)ccc1cccnc12. The van der Waals surface area contributed by atoms with Crippen LogP contribution in [0.15, 0.2) is 203 Å². The summed E-state index contributed by atoms with van der Waals surface area (Å²) in [5.41, 5.74) is 5.32. The van der Waals surface area contributed by atoms with Gasteiger partial charge in [-0.05, 0) is 82.9 Å². The Labute approximate surface area is 380 Å². The molecule has 0 fully saturated rings. The van der Waals surface area contributed by atoms with Crippen LogP contribution in [-0.4, -0.2) is 43.4 Å². The van der Waals surface area contributed by atoms with Gasteiger partial charge in [0.1, 0.15) is 11.5 Å². The van der Waals surface area contributed by atoms with Gasteiger partial charge in [-0.25, -0.2) is 0 Å². The first kappa shape index (κ1) is 46.8. The van der Waals surface area contributed by atoms with Crippen molar-refractivity contribution in [3.63, 3.8) is 0 Å². The average molecular weight is 887 g/mol. The van der Waals surface area contributed by atoms with Crippen molar-refractivity contribution in [3.8, 4) is 17.6 Å². The summed E-state index contributed by atoms with van der Waals surface area (Å²) in [6.45, 7) is 5.03. The van der Waals surface area contributed by atoms with Gasteiger partial charge in [0, 0.05) is 53.0 Å². The molecule has 0 aliphatic rings. The minimum atomic E-state index is -0.566. The number of phenols is 2. The molecule has 0 bridgehead atoms. The van der Waals surface area contributed by atoms with E-state index < -0.39 is 11.8 Å². The maximum atomic E-state index is 12.0. The van der Waals surface area contributed by atoms with E-state index in [1.165, 1.54) is 31.2 Å². The molecule has 7 aromatic carbocycles. The Morgan fingerprint density at radius 2 is 0.797 bits per heavy atom. The zero-order valence-corrected chi connectivity index (χ0v) is 36.0. The molecule has 0 radical (unpaired) electrons. The van der Waals surface area contributed by atoms with Gasteiger partial charge in [0.05, 0.1) is 28.5 Å². The molecule has 0 saturated carbocycles. The van der Waals surface area contributed by atoms with Gasteiger partial charge in [0.25, 0.3) is 0 Å². The molecule has 64 heavy (non-hydrogen) atoms. The number of hydrogen-bond donors (Lipinski definition) is 2. The van der Waals surface area contributed by atoms with Gasteiger partial charge in [-0.1, -0.05) is 133 Å². The number of phenolic OH excluding ortho intramolecular Hbond substituents is 2. The van der Waals surface area contributed by atoms with Crippen LogP contribution in [0.3, 0.4) is 0 Å². The summed E-state index contributed by atoms with van der Waals surface area (Å²) in [7, 11) is 0. The summed E-state index contributed by atoms with van der Waals surface area (Å²) in [6.07, 6.45) is 3.60. The predicted octanol–water partition coefficient (Wildman–Crippen LogP) is 9.46. The molecule has 0 aliphatic heterocycles. The summed E-state index contributed by atoms with van der Waals surface area (Å²) in [4.78, 5) is 8.69. The van der Waals surface area contributed by atoms with Gasteiger partial charge in [0.2, 0.25) is 0 Å². The van der Waals surface area contributed by atoms with E-state index in [4.69, 9.17) is 5.26 Å².